The van der Waals surface area contributed by atoms with Crippen molar-refractivity contribution >= 4 is 22.6 Å². The number of hydrogen-bond acceptors (Lipinski definition) is 8. The molecule has 8 heteroatoms. The number of aliphatic hydroxyl groups excluding tert-OH is 4. The van der Waals surface area contributed by atoms with Gasteiger partial charge in [0.1, 0.15) is 35.9 Å². The number of allylic oxidation sites excluding steroid dienone is 1. The maximum Gasteiger partial charge on any atom is 0.229 e. The van der Waals surface area contributed by atoms with Crippen LogP contribution in [0, 0.1) is 0 Å². The Morgan fingerprint density at radius 2 is 1.89 bits per heavy atom. The number of phenolic OH excluding ortho intramolecular Hbond substituents is 1. The Morgan fingerprint density at radius 1 is 1.14 bits per heavy atom. The largest absolute Gasteiger partial charge is 0.507 e. The zero-order chi connectivity index (χ0) is 20.4. The molecular weight excluding hydrogens is 368 g/mol. The molecule has 3 rings (SSSR count). The second kappa shape index (κ2) is 8.26. The molecule has 0 bridgehead atoms. The number of carbonyl (C=O) groups excluding carboxylic acids is 1. The minimum atomic E-state index is -1.56. The fourth-order valence-electron chi connectivity index (χ4n) is 3.01. The number of rotatable bonds is 5. The highest BCUT2D eigenvalue weighted by Crippen LogP contribution is 2.33. The van der Waals surface area contributed by atoms with Crippen molar-refractivity contribution in [1.29, 1.82) is 0 Å². The highest BCUT2D eigenvalue weighted by atomic mass is 16.7. The molecule has 0 aliphatic carbocycles. The van der Waals surface area contributed by atoms with Crippen LogP contribution in [0.4, 0.5) is 0 Å². The molecule has 1 heterocycles. The van der Waals surface area contributed by atoms with Crippen molar-refractivity contribution < 1.29 is 39.8 Å². The van der Waals surface area contributed by atoms with E-state index in [1.807, 2.05) is 0 Å². The topological polar surface area (TPSA) is 137 Å². The van der Waals surface area contributed by atoms with Crippen molar-refractivity contribution in [3.05, 3.63) is 42.0 Å². The standard InChI is InChI=1S/C20H22O8/c1-10(22)2-3-11-4-5-12-7-13(8-15(23)14(12)6-11)27-20-19(26)18(25)17(24)16(9-21)28-20/h2-8,16-21,23-26H,9H2,1H3/b3-2+/t16?,17-,18-,19?,20-/m1/s1. The van der Waals surface area contributed by atoms with E-state index in [2.05, 4.69) is 0 Å². The number of carbonyl (C=O) groups is 1. The Labute approximate surface area is 160 Å². The average Bonchev–Trinajstić information content (AvgIpc) is 2.67. The molecule has 0 amide bonds. The SMILES string of the molecule is CC(=O)/C=C/c1ccc2cc(O[C@@H]3OC(CO)[C@@H](O)[C@@H](O)C3O)cc(O)c2c1. The summed E-state index contributed by atoms with van der Waals surface area (Å²) in [6.45, 7) is 0.877. The first-order valence-electron chi connectivity index (χ1n) is 8.72. The van der Waals surface area contributed by atoms with Crippen LogP contribution in [-0.4, -0.2) is 68.6 Å². The van der Waals surface area contributed by atoms with Gasteiger partial charge in [0.05, 0.1) is 6.61 Å². The molecule has 1 aliphatic heterocycles. The quantitative estimate of drug-likeness (QED) is 0.461. The van der Waals surface area contributed by atoms with Crippen LogP contribution in [0.15, 0.2) is 36.4 Å². The maximum absolute atomic E-state index is 11.1. The monoisotopic (exact) mass is 390 g/mol. The Balaban J connectivity index is 1.86. The summed E-state index contributed by atoms with van der Waals surface area (Å²) in [6.07, 6.45) is -3.95. The molecule has 2 unspecified atom stereocenters. The Kier molecular flexibility index (Phi) is 5.97. The lowest BCUT2D eigenvalue weighted by atomic mass is 9.99. The Bertz CT molecular complexity index is 891. The van der Waals surface area contributed by atoms with E-state index in [-0.39, 0.29) is 17.3 Å². The van der Waals surface area contributed by atoms with E-state index in [0.29, 0.717) is 10.8 Å². The second-order valence-corrected chi connectivity index (χ2v) is 6.68. The van der Waals surface area contributed by atoms with Crippen LogP contribution in [0.5, 0.6) is 11.5 Å². The van der Waals surface area contributed by atoms with E-state index in [4.69, 9.17) is 9.47 Å². The van der Waals surface area contributed by atoms with Gasteiger partial charge in [-0.2, -0.15) is 0 Å². The molecule has 0 radical (unpaired) electrons. The lowest BCUT2D eigenvalue weighted by molar-refractivity contribution is -0.277. The fraction of sp³-hybridized carbons (Fsp3) is 0.350. The molecule has 1 aliphatic rings. The minimum absolute atomic E-state index is 0.0878. The zero-order valence-corrected chi connectivity index (χ0v) is 15.1. The highest BCUT2D eigenvalue weighted by Gasteiger charge is 2.44. The number of aliphatic hydroxyl groups is 4. The van der Waals surface area contributed by atoms with Crippen LogP contribution in [0.25, 0.3) is 16.8 Å². The van der Waals surface area contributed by atoms with Gasteiger partial charge in [-0.3, -0.25) is 4.79 Å². The van der Waals surface area contributed by atoms with Gasteiger partial charge in [-0.15, -0.1) is 0 Å². The van der Waals surface area contributed by atoms with Crippen molar-refractivity contribution in [2.75, 3.05) is 6.61 Å². The number of hydrogen-bond donors (Lipinski definition) is 5. The van der Waals surface area contributed by atoms with Crippen LogP contribution in [0.2, 0.25) is 0 Å². The predicted octanol–water partition coefficient (Wildman–Crippen LogP) is 0.326. The molecule has 5 N–H and O–H groups in total. The molecule has 0 aromatic heterocycles. The minimum Gasteiger partial charge on any atom is -0.507 e. The van der Waals surface area contributed by atoms with Crippen molar-refractivity contribution in [1.82, 2.24) is 0 Å². The molecule has 28 heavy (non-hydrogen) atoms. The first kappa shape index (κ1) is 20.2. The van der Waals surface area contributed by atoms with Crippen LogP contribution in [0.1, 0.15) is 12.5 Å². The molecule has 1 saturated heterocycles. The van der Waals surface area contributed by atoms with Gasteiger partial charge < -0.3 is 35.0 Å². The van der Waals surface area contributed by atoms with Crippen molar-refractivity contribution in [3.63, 3.8) is 0 Å². The van der Waals surface area contributed by atoms with Gasteiger partial charge >= 0.3 is 0 Å². The Morgan fingerprint density at radius 3 is 2.57 bits per heavy atom. The van der Waals surface area contributed by atoms with Gasteiger partial charge in [-0.1, -0.05) is 18.2 Å². The third kappa shape index (κ3) is 4.16. The summed E-state index contributed by atoms with van der Waals surface area (Å²) in [6, 6.07) is 8.13. The molecule has 2 aromatic carbocycles. The van der Waals surface area contributed by atoms with Crippen LogP contribution in [-0.2, 0) is 9.53 Å². The van der Waals surface area contributed by atoms with Gasteiger partial charge in [0, 0.05) is 11.5 Å². The average molecular weight is 390 g/mol. The lowest BCUT2D eigenvalue weighted by Crippen LogP contribution is -2.60. The van der Waals surface area contributed by atoms with Crippen molar-refractivity contribution in [2.45, 2.75) is 37.6 Å². The summed E-state index contributed by atoms with van der Waals surface area (Å²) in [5.41, 5.74) is 0.737. The number of phenols is 1. The summed E-state index contributed by atoms with van der Waals surface area (Å²) in [5, 5.41) is 50.5. The first-order chi connectivity index (χ1) is 13.3. The molecule has 2 aromatic rings. The van der Waals surface area contributed by atoms with E-state index in [1.54, 1.807) is 30.3 Å². The molecule has 150 valence electrons. The number of fused-ring (bicyclic) bond motifs is 1. The highest BCUT2D eigenvalue weighted by molar-refractivity contribution is 5.94. The van der Waals surface area contributed by atoms with Gasteiger partial charge in [-0.25, -0.2) is 0 Å². The van der Waals surface area contributed by atoms with Crippen molar-refractivity contribution in [3.8, 4) is 11.5 Å². The second-order valence-electron chi connectivity index (χ2n) is 6.68. The number of ketones is 1. The molecular formula is C20H22O8. The number of benzene rings is 2. The summed E-state index contributed by atoms with van der Waals surface area (Å²) in [7, 11) is 0. The zero-order valence-electron chi connectivity index (χ0n) is 15.1. The molecule has 0 spiro atoms. The summed E-state index contributed by atoms with van der Waals surface area (Å²) in [5.74, 6) is -0.0101. The van der Waals surface area contributed by atoms with E-state index >= 15 is 0 Å². The van der Waals surface area contributed by atoms with E-state index < -0.39 is 37.3 Å². The van der Waals surface area contributed by atoms with Gasteiger partial charge in [0.15, 0.2) is 5.78 Å². The number of ether oxygens (including phenoxy) is 2. The first-order valence-corrected chi connectivity index (χ1v) is 8.72. The molecule has 0 saturated carbocycles. The van der Waals surface area contributed by atoms with Crippen LogP contribution >= 0.6 is 0 Å². The van der Waals surface area contributed by atoms with Crippen LogP contribution in [0.3, 0.4) is 0 Å². The van der Waals surface area contributed by atoms with Gasteiger partial charge in [0.25, 0.3) is 0 Å². The van der Waals surface area contributed by atoms with Crippen LogP contribution < -0.4 is 4.74 Å². The normalized spacial score (nSPS) is 28.0. The third-order valence-electron chi connectivity index (χ3n) is 4.54. The molecule has 5 atom stereocenters. The van der Waals surface area contributed by atoms with E-state index in [0.717, 1.165) is 5.56 Å². The maximum atomic E-state index is 11.1. The van der Waals surface area contributed by atoms with Crippen molar-refractivity contribution in [2.24, 2.45) is 0 Å². The summed E-state index contributed by atoms with van der Waals surface area (Å²) in [4.78, 5) is 11.1. The summed E-state index contributed by atoms with van der Waals surface area (Å²) < 4.78 is 10.8. The van der Waals surface area contributed by atoms with Gasteiger partial charge in [0.2, 0.25) is 6.29 Å². The van der Waals surface area contributed by atoms with E-state index in [9.17, 15) is 30.3 Å². The van der Waals surface area contributed by atoms with Gasteiger partial charge in [-0.05, 0) is 36.1 Å². The van der Waals surface area contributed by atoms with E-state index in [1.165, 1.54) is 19.1 Å². The third-order valence-corrected chi connectivity index (χ3v) is 4.54. The lowest BCUT2D eigenvalue weighted by Gasteiger charge is -2.39. The smallest absolute Gasteiger partial charge is 0.229 e. The summed E-state index contributed by atoms with van der Waals surface area (Å²) >= 11 is 0. The molecule has 8 nitrogen and oxygen atoms in total. The fourth-order valence-corrected chi connectivity index (χ4v) is 3.01. The predicted molar refractivity (Wildman–Crippen MR) is 99.7 cm³/mol. The number of aromatic hydroxyl groups is 1. The Hall–Kier alpha value is -2.49. The molecule has 1 fully saturated rings.